The van der Waals surface area contributed by atoms with Crippen LogP contribution in [0.3, 0.4) is 0 Å². The quantitative estimate of drug-likeness (QED) is 0.776. The molecule has 3 rings (SSSR count). The number of sulfone groups is 1. The molecule has 0 amide bonds. The summed E-state index contributed by atoms with van der Waals surface area (Å²) in [6, 6.07) is 10.0. The highest BCUT2D eigenvalue weighted by molar-refractivity contribution is 7.91. The Hall–Kier alpha value is -1.45. The highest BCUT2D eigenvalue weighted by Gasteiger charge is 2.20. The summed E-state index contributed by atoms with van der Waals surface area (Å²) in [5.74, 6) is 0. The minimum absolute atomic E-state index is 0. The molecule has 0 radical (unpaired) electrons. The van der Waals surface area contributed by atoms with E-state index in [9.17, 15) is 16.8 Å². The summed E-state index contributed by atoms with van der Waals surface area (Å²) in [6.07, 6.45) is 1.06. The Morgan fingerprint density at radius 1 is 1.00 bits per heavy atom. The molecule has 0 unspecified atom stereocenters. The Morgan fingerprint density at radius 2 is 1.69 bits per heavy atom. The first-order valence-electron chi connectivity index (χ1n) is 7.78. The first-order valence-corrected chi connectivity index (χ1v) is 11.2. The number of sulfonamides is 1. The largest absolute Gasteiger partial charge is 0.309 e. The second kappa shape index (κ2) is 7.66. The van der Waals surface area contributed by atoms with E-state index in [1.807, 2.05) is 18.2 Å². The van der Waals surface area contributed by atoms with E-state index in [1.165, 1.54) is 29.3 Å². The van der Waals surface area contributed by atoms with E-state index >= 15 is 0 Å². The van der Waals surface area contributed by atoms with Gasteiger partial charge in [-0.1, -0.05) is 24.3 Å². The molecule has 0 saturated heterocycles. The molecule has 1 aliphatic rings. The molecule has 2 aromatic rings. The summed E-state index contributed by atoms with van der Waals surface area (Å²) in [4.78, 5) is -0.0275. The van der Waals surface area contributed by atoms with E-state index in [0.717, 1.165) is 24.9 Å². The van der Waals surface area contributed by atoms with Gasteiger partial charge in [-0.3, -0.25) is 0 Å². The molecule has 0 saturated carbocycles. The van der Waals surface area contributed by atoms with Crippen molar-refractivity contribution in [1.29, 1.82) is 0 Å². The average Bonchev–Trinajstić information content (AvgIpc) is 2.99. The van der Waals surface area contributed by atoms with Gasteiger partial charge in [-0.15, -0.1) is 12.4 Å². The molecule has 1 heterocycles. The summed E-state index contributed by atoms with van der Waals surface area (Å²) in [7, 11) is -7.29. The maximum Gasteiger partial charge on any atom is 0.241 e. The lowest BCUT2D eigenvalue weighted by atomic mass is 10.1. The van der Waals surface area contributed by atoms with Gasteiger partial charge in [-0.25, -0.2) is 21.6 Å². The van der Waals surface area contributed by atoms with Crippen molar-refractivity contribution in [2.45, 2.75) is 36.3 Å². The van der Waals surface area contributed by atoms with Gasteiger partial charge in [0.1, 0.15) is 0 Å². The zero-order valence-electron chi connectivity index (χ0n) is 14.4. The fraction of sp³-hybridized carbons (Fsp3) is 0.294. The Labute approximate surface area is 160 Å². The summed E-state index contributed by atoms with van der Waals surface area (Å²) in [5, 5.41) is 3.25. The van der Waals surface area contributed by atoms with Crippen molar-refractivity contribution in [3.63, 3.8) is 0 Å². The molecule has 0 bridgehead atoms. The van der Waals surface area contributed by atoms with Gasteiger partial charge < -0.3 is 5.32 Å². The lowest BCUT2D eigenvalue weighted by Crippen LogP contribution is -2.24. The first kappa shape index (κ1) is 20.9. The molecule has 142 valence electrons. The molecule has 26 heavy (non-hydrogen) atoms. The van der Waals surface area contributed by atoms with Gasteiger partial charge in [0.25, 0.3) is 0 Å². The van der Waals surface area contributed by atoms with E-state index < -0.39 is 19.9 Å². The molecule has 0 aliphatic carbocycles. The molecule has 0 atom stereocenters. The number of halogens is 1. The second-order valence-electron chi connectivity index (χ2n) is 6.23. The van der Waals surface area contributed by atoms with Crippen molar-refractivity contribution in [3.8, 4) is 0 Å². The lowest BCUT2D eigenvalue weighted by Gasteiger charge is -2.11. The Morgan fingerprint density at radius 3 is 2.38 bits per heavy atom. The summed E-state index contributed by atoms with van der Waals surface area (Å²) < 4.78 is 51.2. The Kier molecular flexibility index (Phi) is 6.14. The number of fused-ring (bicyclic) bond motifs is 1. The molecule has 1 aliphatic heterocycles. The van der Waals surface area contributed by atoms with Crippen LogP contribution in [-0.4, -0.2) is 23.1 Å². The van der Waals surface area contributed by atoms with Crippen molar-refractivity contribution >= 4 is 32.3 Å². The highest BCUT2D eigenvalue weighted by atomic mass is 35.5. The monoisotopic (exact) mass is 416 g/mol. The van der Waals surface area contributed by atoms with Gasteiger partial charge in [0.2, 0.25) is 10.0 Å². The molecule has 9 heteroatoms. The van der Waals surface area contributed by atoms with Gasteiger partial charge in [0.15, 0.2) is 9.84 Å². The van der Waals surface area contributed by atoms with Gasteiger partial charge >= 0.3 is 0 Å². The number of aryl methyl sites for hydroxylation is 1. The summed E-state index contributed by atoms with van der Waals surface area (Å²) in [6.45, 7) is 3.41. The standard InChI is InChI=1S/C17H20N2O4S2.ClH/c1-12-3-6-16(24(2,20)21)8-17(12)25(22,23)19-9-13-4-5-14-10-18-11-15(14)7-13;/h3-8,18-19H,9-11H2,1-2H3;1H. The van der Waals surface area contributed by atoms with Crippen molar-refractivity contribution in [1.82, 2.24) is 10.0 Å². The predicted molar refractivity (Wildman–Crippen MR) is 103 cm³/mol. The fourth-order valence-electron chi connectivity index (χ4n) is 2.81. The maximum absolute atomic E-state index is 12.6. The Balaban J connectivity index is 0.00000243. The van der Waals surface area contributed by atoms with Crippen LogP contribution in [0.15, 0.2) is 46.2 Å². The van der Waals surface area contributed by atoms with Crippen LogP contribution >= 0.6 is 12.4 Å². The maximum atomic E-state index is 12.6. The molecular formula is C17H21ClN2O4S2. The first-order chi connectivity index (χ1) is 11.7. The van der Waals surface area contributed by atoms with Crippen molar-refractivity contribution in [2.24, 2.45) is 0 Å². The van der Waals surface area contributed by atoms with E-state index in [4.69, 9.17) is 0 Å². The van der Waals surface area contributed by atoms with E-state index in [-0.39, 0.29) is 28.7 Å². The van der Waals surface area contributed by atoms with Crippen LogP contribution < -0.4 is 10.0 Å². The third kappa shape index (κ3) is 4.44. The summed E-state index contributed by atoms with van der Waals surface area (Å²) in [5.41, 5.74) is 3.76. The van der Waals surface area contributed by atoms with Crippen LogP contribution in [0.4, 0.5) is 0 Å². The smallest absolute Gasteiger partial charge is 0.241 e. The minimum Gasteiger partial charge on any atom is -0.309 e. The summed E-state index contributed by atoms with van der Waals surface area (Å²) >= 11 is 0. The van der Waals surface area contributed by atoms with Crippen LogP contribution in [-0.2, 0) is 39.5 Å². The SMILES string of the molecule is Cc1ccc(S(C)(=O)=O)cc1S(=O)(=O)NCc1ccc2c(c1)CNC2.Cl. The van der Waals surface area contributed by atoms with Crippen LogP contribution in [0, 0.1) is 6.92 Å². The highest BCUT2D eigenvalue weighted by Crippen LogP contribution is 2.21. The predicted octanol–water partition coefficient (Wildman–Crippen LogP) is 1.90. The minimum atomic E-state index is -3.82. The molecule has 2 aromatic carbocycles. The van der Waals surface area contributed by atoms with Crippen LogP contribution in [0.2, 0.25) is 0 Å². The van der Waals surface area contributed by atoms with Crippen LogP contribution in [0.1, 0.15) is 22.3 Å². The van der Waals surface area contributed by atoms with Crippen molar-refractivity contribution in [3.05, 3.63) is 58.7 Å². The lowest BCUT2D eigenvalue weighted by molar-refractivity contribution is 0.580. The third-order valence-corrected chi connectivity index (χ3v) is 6.90. The van der Waals surface area contributed by atoms with Crippen molar-refractivity contribution in [2.75, 3.05) is 6.26 Å². The molecule has 0 spiro atoms. The number of hydrogen-bond acceptors (Lipinski definition) is 5. The number of benzene rings is 2. The van der Waals surface area contributed by atoms with Crippen LogP contribution in [0.5, 0.6) is 0 Å². The molecular weight excluding hydrogens is 396 g/mol. The molecule has 2 N–H and O–H groups in total. The topological polar surface area (TPSA) is 92.3 Å². The number of hydrogen-bond donors (Lipinski definition) is 2. The number of nitrogens with one attached hydrogen (secondary N) is 2. The zero-order valence-corrected chi connectivity index (χ0v) is 16.9. The van der Waals surface area contributed by atoms with E-state index in [1.54, 1.807) is 6.92 Å². The van der Waals surface area contributed by atoms with Crippen LogP contribution in [0.25, 0.3) is 0 Å². The third-order valence-electron chi connectivity index (χ3n) is 4.25. The zero-order chi connectivity index (χ0) is 18.2. The van der Waals surface area contributed by atoms with Gasteiger partial charge in [0.05, 0.1) is 9.79 Å². The van der Waals surface area contributed by atoms with E-state index in [0.29, 0.717) is 5.56 Å². The second-order valence-corrected chi connectivity index (χ2v) is 9.98. The normalized spacial score (nSPS) is 13.9. The molecule has 0 fully saturated rings. The Bertz CT molecular complexity index is 1030. The number of rotatable bonds is 5. The fourth-order valence-corrected chi connectivity index (χ4v) is 4.82. The van der Waals surface area contributed by atoms with Gasteiger partial charge in [0, 0.05) is 25.9 Å². The van der Waals surface area contributed by atoms with E-state index in [2.05, 4.69) is 10.0 Å². The van der Waals surface area contributed by atoms with Crippen molar-refractivity contribution < 1.29 is 16.8 Å². The molecule has 0 aromatic heterocycles. The average molecular weight is 417 g/mol. The van der Waals surface area contributed by atoms with Gasteiger partial charge in [-0.2, -0.15) is 0 Å². The molecule has 6 nitrogen and oxygen atoms in total. The van der Waals surface area contributed by atoms with Gasteiger partial charge in [-0.05, 0) is 41.3 Å².